The molecular formula is C26H33N3O5S. The van der Waals surface area contributed by atoms with Crippen LogP contribution in [0.3, 0.4) is 0 Å². The molecule has 3 amide bonds. The first-order chi connectivity index (χ1) is 16.7. The van der Waals surface area contributed by atoms with Crippen LogP contribution in [0, 0.1) is 6.92 Å². The number of hydrogen-bond donors (Lipinski definition) is 3. The van der Waals surface area contributed by atoms with Crippen LogP contribution in [0.2, 0.25) is 0 Å². The third-order valence-electron chi connectivity index (χ3n) is 6.48. The quantitative estimate of drug-likeness (QED) is 0.539. The molecule has 1 saturated carbocycles. The maximum Gasteiger partial charge on any atom is 0.328 e. The molecule has 1 unspecified atom stereocenters. The molecule has 1 atom stereocenters. The molecule has 1 aliphatic heterocycles. The molecular weight excluding hydrogens is 466 g/mol. The van der Waals surface area contributed by atoms with E-state index in [1.54, 1.807) is 12.1 Å². The van der Waals surface area contributed by atoms with Gasteiger partial charge in [-0.3, -0.25) is 4.79 Å². The van der Waals surface area contributed by atoms with Gasteiger partial charge in [-0.25, -0.2) is 17.9 Å². The van der Waals surface area contributed by atoms with Gasteiger partial charge in [-0.2, -0.15) is 0 Å². The molecule has 3 N–H and O–H groups in total. The monoisotopic (exact) mass is 499 g/mol. The highest BCUT2D eigenvalue weighted by molar-refractivity contribution is 7.90. The molecule has 4 rings (SSSR count). The number of carbonyl (C=O) groups is 2. The Morgan fingerprint density at radius 3 is 2.49 bits per heavy atom. The van der Waals surface area contributed by atoms with Crippen LogP contribution >= 0.6 is 0 Å². The number of amides is 3. The second kappa shape index (κ2) is 10.7. The second-order valence-corrected chi connectivity index (χ2v) is 11.2. The van der Waals surface area contributed by atoms with Crippen molar-refractivity contribution in [3.63, 3.8) is 0 Å². The van der Waals surface area contributed by atoms with E-state index in [4.69, 9.17) is 4.74 Å². The lowest BCUT2D eigenvalue weighted by Crippen LogP contribution is -2.45. The van der Waals surface area contributed by atoms with E-state index in [1.807, 2.05) is 19.9 Å². The standard InChI is InChI=1S/C26H33N3O5S/c1-17-14-20-16-18(2)34-24(20)23(15-17)25(30)27-13-12-19-8-10-22(11-9-19)35(32,33)29-26(31)28-21-6-4-3-5-7-21/h8-11,14-15,18,21H,3-7,12-13,16H2,1-2H3,(H,27,30)(H2,28,29,31). The van der Waals surface area contributed by atoms with E-state index in [9.17, 15) is 18.0 Å². The van der Waals surface area contributed by atoms with Gasteiger partial charge in [-0.1, -0.05) is 37.5 Å². The Morgan fingerprint density at radius 1 is 1.06 bits per heavy atom. The predicted octanol–water partition coefficient (Wildman–Crippen LogP) is 3.61. The second-order valence-electron chi connectivity index (χ2n) is 9.50. The van der Waals surface area contributed by atoms with E-state index >= 15 is 0 Å². The maximum atomic E-state index is 12.8. The highest BCUT2D eigenvalue weighted by Crippen LogP contribution is 2.33. The largest absolute Gasteiger partial charge is 0.489 e. The summed E-state index contributed by atoms with van der Waals surface area (Å²) in [6, 6.07) is 9.54. The molecule has 0 saturated heterocycles. The zero-order valence-electron chi connectivity index (χ0n) is 20.2. The summed E-state index contributed by atoms with van der Waals surface area (Å²) in [7, 11) is -3.96. The third-order valence-corrected chi connectivity index (χ3v) is 7.83. The summed E-state index contributed by atoms with van der Waals surface area (Å²) in [5.41, 5.74) is 3.49. The van der Waals surface area contributed by atoms with Crippen LogP contribution in [0.5, 0.6) is 5.75 Å². The summed E-state index contributed by atoms with van der Waals surface area (Å²) in [6.45, 7) is 4.34. The van der Waals surface area contributed by atoms with Crippen LogP contribution in [0.15, 0.2) is 41.3 Å². The fourth-order valence-corrected chi connectivity index (χ4v) is 5.67. The molecule has 35 heavy (non-hydrogen) atoms. The molecule has 1 fully saturated rings. The molecule has 2 aromatic carbocycles. The van der Waals surface area contributed by atoms with E-state index in [1.165, 1.54) is 12.1 Å². The number of benzene rings is 2. The Labute approximate surface area is 206 Å². The van der Waals surface area contributed by atoms with Gasteiger partial charge in [0.05, 0.1) is 10.5 Å². The number of sulfonamides is 1. The molecule has 1 aliphatic carbocycles. The van der Waals surface area contributed by atoms with Crippen molar-refractivity contribution in [3.05, 3.63) is 58.7 Å². The number of ether oxygens (including phenoxy) is 1. The van der Waals surface area contributed by atoms with E-state index in [-0.39, 0.29) is 22.9 Å². The summed E-state index contributed by atoms with van der Waals surface area (Å²) in [4.78, 5) is 24.9. The molecule has 1 heterocycles. The fraction of sp³-hybridized carbons (Fsp3) is 0.462. The molecule has 2 aromatic rings. The van der Waals surface area contributed by atoms with Gasteiger partial charge in [-0.15, -0.1) is 0 Å². The van der Waals surface area contributed by atoms with Gasteiger partial charge in [0.25, 0.3) is 15.9 Å². The highest BCUT2D eigenvalue weighted by atomic mass is 32.2. The van der Waals surface area contributed by atoms with Gasteiger partial charge in [0.1, 0.15) is 11.9 Å². The van der Waals surface area contributed by atoms with Crippen molar-refractivity contribution in [2.45, 2.75) is 75.8 Å². The normalized spacial score (nSPS) is 17.8. The van der Waals surface area contributed by atoms with Crippen LogP contribution in [0.1, 0.15) is 66.1 Å². The van der Waals surface area contributed by atoms with Crippen LogP contribution in [-0.4, -0.2) is 39.0 Å². The molecule has 0 bridgehead atoms. The number of carbonyl (C=O) groups excluding carboxylic acids is 2. The van der Waals surface area contributed by atoms with Crippen molar-refractivity contribution in [1.82, 2.24) is 15.4 Å². The van der Waals surface area contributed by atoms with Crippen molar-refractivity contribution >= 4 is 22.0 Å². The highest BCUT2D eigenvalue weighted by Gasteiger charge is 2.26. The number of nitrogens with one attached hydrogen (secondary N) is 3. The molecule has 2 aliphatic rings. The number of hydrogen-bond acceptors (Lipinski definition) is 5. The lowest BCUT2D eigenvalue weighted by molar-refractivity contribution is 0.0949. The zero-order valence-corrected chi connectivity index (χ0v) is 21.0. The Morgan fingerprint density at radius 2 is 1.77 bits per heavy atom. The van der Waals surface area contributed by atoms with Crippen molar-refractivity contribution in [1.29, 1.82) is 0 Å². The average molecular weight is 500 g/mol. The van der Waals surface area contributed by atoms with Crippen LogP contribution in [0.4, 0.5) is 4.79 Å². The van der Waals surface area contributed by atoms with Crippen LogP contribution in [-0.2, 0) is 22.9 Å². The number of rotatable bonds is 7. The minimum Gasteiger partial charge on any atom is -0.489 e. The van der Waals surface area contributed by atoms with Gasteiger partial charge in [0.2, 0.25) is 0 Å². The Balaban J connectivity index is 1.29. The topological polar surface area (TPSA) is 114 Å². The van der Waals surface area contributed by atoms with Gasteiger partial charge < -0.3 is 15.4 Å². The number of fused-ring (bicyclic) bond motifs is 1. The van der Waals surface area contributed by atoms with E-state index in [2.05, 4.69) is 21.4 Å². The van der Waals surface area contributed by atoms with Gasteiger partial charge in [0.15, 0.2) is 0 Å². The molecule has 0 spiro atoms. The Bertz CT molecular complexity index is 1190. The smallest absolute Gasteiger partial charge is 0.328 e. The molecule has 9 heteroatoms. The van der Waals surface area contributed by atoms with Crippen LogP contribution < -0.4 is 20.1 Å². The maximum absolute atomic E-state index is 12.8. The van der Waals surface area contributed by atoms with Crippen LogP contribution in [0.25, 0.3) is 0 Å². The summed E-state index contributed by atoms with van der Waals surface area (Å²) in [5.74, 6) is 0.474. The van der Waals surface area contributed by atoms with E-state index < -0.39 is 16.1 Å². The molecule has 0 radical (unpaired) electrons. The summed E-state index contributed by atoms with van der Waals surface area (Å²) < 4.78 is 33.1. The average Bonchev–Trinajstić information content (AvgIpc) is 3.18. The predicted molar refractivity (Wildman–Crippen MR) is 133 cm³/mol. The molecule has 8 nitrogen and oxygen atoms in total. The minimum absolute atomic E-state index is 0.0191. The van der Waals surface area contributed by atoms with Gasteiger partial charge in [-0.05, 0) is 68.0 Å². The summed E-state index contributed by atoms with van der Waals surface area (Å²) >= 11 is 0. The molecule has 0 aromatic heterocycles. The van der Waals surface area contributed by atoms with Crippen molar-refractivity contribution < 1.29 is 22.7 Å². The van der Waals surface area contributed by atoms with Gasteiger partial charge in [0, 0.05) is 19.0 Å². The van der Waals surface area contributed by atoms with Crippen molar-refractivity contribution in [3.8, 4) is 5.75 Å². The number of aryl methyl sites for hydroxylation is 1. The molecule has 188 valence electrons. The van der Waals surface area contributed by atoms with Gasteiger partial charge >= 0.3 is 6.03 Å². The number of urea groups is 1. The van der Waals surface area contributed by atoms with Crippen molar-refractivity contribution in [2.24, 2.45) is 0 Å². The SMILES string of the molecule is Cc1cc2c(c(C(=O)NCCc3ccc(S(=O)(=O)NC(=O)NC4CCCCC4)cc3)c1)OC(C)C2. The Hall–Kier alpha value is -3.07. The zero-order chi connectivity index (χ0) is 25.0. The van der Waals surface area contributed by atoms with E-state index in [0.29, 0.717) is 24.3 Å². The lowest BCUT2D eigenvalue weighted by Gasteiger charge is -2.22. The van der Waals surface area contributed by atoms with Crippen molar-refractivity contribution in [2.75, 3.05) is 6.54 Å². The first-order valence-electron chi connectivity index (χ1n) is 12.2. The minimum atomic E-state index is -3.96. The first-order valence-corrected chi connectivity index (χ1v) is 13.7. The Kier molecular flexibility index (Phi) is 7.64. The van der Waals surface area contributed by atoms with E-state index in [0.717, 1.165) is 55.2 Å². The lowest BCUT2D eigenvalue weighted by atomic mass is 9.96. The fourth-order valence-electron chi connectivity index (χ4n) is 4.75. The third kappa shape index (κ3) is 6.33. The summed E-state index contributed by atoms with van der Waals surface area (Å²) in [6.07, 6.45) is 6.36. The first kappa shape index (κ1) is 25.0. The summed E-state index contributed by atoms with van der Waals surface area (Å²) in [5, 5.41) is 5.68.